The first-order valence-corrected chi connectivity index (χ1v) is 11.9. The highest BCUT2D eigenvalue weighted by molar-refractivity contribution is 7.09. The van der Waals surface area contributed by atoms with Crippen LogP contribution in [0.4, 0.5) is 5.69 Å². The van der Waals surface area contributed by atoms with Crippen molar-refractivity contribution in [3.8, 4) is 0 Å². The normalized spacial score (nSPS) is 16.4. The van der Waals surface area contributed by atoms with Crippen LogP contribution in [-0.2, 0) is 4.74 Å². The summed E-state index contributed by atoms with van der Waals surface area (Å²) in [7, 11) is 1.72. The van der Waals surface area contributed by atoms with Crippen molar-refractivity contribution in [3.63, 3.8) is 0 Å². The quantitative estimate of drug-likeness (QED) is 0.352. The first-order valence-electron chi connectivity index (χ1n) is 11.0. The summed E-state index contributed by atoms with van der Waals surface area (Å²) in [5.74, 6) is 0.841. The molecule has 1 unspecified atom stereocenters. The molecule has 4 rings (SSSR count). The number of amidine groups is 1. The highest BCUT2D eigenvalue weighted by Gasteiger charge is 2.26. The Bertz CT molecular complexity index is 1040. The van der Waals surface area contributed by atoms with Crippen LogP contribution in [0.15, 0.2) is 58.9 Å². The molecule has 0 amide bonds. The third-order valence-corrected chi connectivity index (χ3v) is 7.19. The second-order valence-corrected chi connectivity index (χ2v) is 9.28. The standard InChI is InChI=1S/C26H31N3OS/c1-18-10-11-19(2)23(16-18)28-26(30-4)29-14-12-22(13-15-29)25-27-24(17-31-25)20(3)21-8-6-5-7-9-21/h5-11,16-17,20,22H,12-15H2,1-4H3/b28-26-. The van der Waals surface area contributed by atoms with Crippen molar-refractivity contribution in [1.29, 1.82) is 0 Å². The molecule has 3 aromatic rings. The molecule has 0 spiro atoms. The lowest BCUT2D eigenvalue weighted by Crippen LogP contribution is -2.38. The number of benzene rings is 2. The van der Waals surface area contributed by atoms with Gasteiger partial charge in [-0.05, 0) is 49.4 Å². The first-order chi connectivity index (χ1) is 15.0. The van der Waals surface area contributed by atoms with Crippen molar-refractivity contribution in [2.24, 2.45) is 4.99 Å². The fourth-order valence-corrected chi connectivity index (χ4v) is 5.19. The number of hydrogen-bond donors (Lipinski definition) is 0. The molecular weight excluding hydrogens is 402 g/mol. The Balaban J connectivity index is 1.42. The molecule has 5 heteroatoms. The topological polar surface area (TPSA) is 37.7 Å². The number of likely N-dealkylation sites (tertiary alicyclic amines) is 1. The fourth-order valence-electron chi connectivity index (χ4n) is 4.11. The molecule has 4 nitrogen and oxygen atoms in total. The van der Waals surface area contributed by atoms with Crippen LogP contribution in [0.3, 0.4) is 0 Å². The molecule has 2 heterocycles. The Kier molecular flexibility index (Phi) is 6.71. The van der Waals surface area contributed by atoms with E-state index in [1.54, 1.807) is 7.11 Å². The Labute approximate surface area is 189 Å². The van der Waals surface area contributed by atoms with Gasteiger partial charge in [-0.3, -0.25) is 0 Å². The number of aromatic nitrogens is 1. The van der Waals surface area contributed by atoms with E-state index in [9.17, 15) is 0 Å². The number of piperidine rings is 1. The van der Waals surface area contributed by atoms with E-state index in [0.29, 0.717) is 17.9 Å². The molecule has 1 fully saturated rings. The van der Waals surface area contributed by atoms with Gasteiger partial charge in [0.05, 0.1) is 23.5 Å². The lowest BCUT2D eigenvalue weighted by Gasteiger charge is -2.32. The van der Waals surface area contributed by atoms with Gasteiger partial charge < -0.3 is 9.64 Å². The van der Waals surface area contributed by atoms with E-state index in [0.717, 1.165) is 37.2 Å². The summed E-state index contributed by atoms with van der Waals surface area (Å²) in [6, 6.07) is 17.7. The summed E-state index contributed by atoms with van der Waals surface area (Å²) in [6.07, 6.45) is 2.14. The SMILES string of the molecule is CO/C(=N\c1cc(C)ccc1C)N1CCC(c2nc(C(C)c3ccccc3)cs2)CC1. The van der Waals surface area contributed by atoms with Crippen molar-refractivity contribution in [2.45, 2.75) is 45.4 Å². The maximum atomic E-state index is 5.68. The number of nitrogens with zero attached hydrogens (tertiary/aromatic N) is 3. The van der Waals surface area contributed by atoms with Crippen LogP contribution in [-0.4, -0.2) is 36.1 Å². The van der Waals surface area contributed by atoms with E-state index < -0.39 is 0 Å². The van der Waals surface area contributed by atoms with Crippen LogP contribution >= 0.6 is 11.3 Å². The summed E-state index contributed by atoms with van der Waals surface area (Å²) in [5.41, 5.74) is 5.86. The predicted molar refractivity (Wildman–Crippen MR) is 130 cm³/mol. The number of aryl methyl sites for hydroxylation is 2. The number of aliphatic imine (C=N–C) groups is 1. The number of hydrogen-bond acceptors (Lipinski definition) is 4. The van der Waals surface area contributed by atoms with E-state index in [1.807, 2.05) is 11.3 Å². The van der Waals surface area contributed by atoms with Crippen molar-refractivity contribution in [3.05, 3.63) is 81.3 Å². The van der Waals surface area contributed by atoms with Gasteiger partial charge in [-0.15, -0.1) is 11.3 Å². The third-order valence-electron chi connectivity index (χ3n) is 6.16. The van der Waals surface area contributed by atoms with E-state index in [2.05, 4.69) is 79.6 Å². The predicted octanol–water partition coefficient (Wildman–Crippen LogP) is 6.43. The van der Waals surface area contributed by atoms with Crippen LogP contribution in [0.25, 0.3) is 0 Å². The molecule has 0 aliphatic carbocycles. The molecule has 0 bridgehead atoms. The summed E-state index contributed by atoms with van der Waals surface area (Å²) >= 11 is 1.81. The monoisotopic (exact) mass is 433 g/mol. The van der Waals surface area contributed by atoms with Gasteiger partial charge in [0.1, 0.15) is 0 Å². The molecule has 162 valence electrons. The van der Waals surface area contributed by atoms with Gasteiger partial charge in [-0.25, -0.2) is 4.98 Å². The molecule has 1 aliphatic rings. The maximum absolute atomic E-state index is 5.68. The summed E-state index contributed by atoms with van der Waals surface area (Å²) < 4.78 is 5.68. The molecule has 31 heavy (non-hydrogen) atoms. The van der Waals surface area contributed by atoms with Crippen molar-refractivity contribution in [2.75, 3.05) is 20.2 Å². The largest absolute Gasteiger partial charge is 0.468 e. The third kappa shape index (κ3) is 4.99. The average molecular weight is 434 g/mol. The molecular formula is C26H31N3OS. The highest BCUT2D eigenvalue weighted by Crippen LogP contribution is 2.34. The molecule has 1 aliphatic heterocycles. The number of ether oxygens (including phenoxy) is 1. The molecule has 2 aromatic carbocycles. The van der Waals surface area contributed by atoms with Gasteiger partial charge >= 0.3 is 0 Å². The van der Waals surface area contributed by atoms with E-state index in [-0.39, 0.29) is 0 Å². The number of thiazole rings is 1. The molecule has 0 radical (unpaired) electrons. The van der Waals surface area contributed by atoms with Crippen LogP contribution < -0.4 is 0 Å². The first kappa shape index (κ1) is 21.6. The lowest BCUT2D eigenvalue weighted by molar-refractivity contribution is 0.239. The van der Waals surface area contributed by atoms with Crippen LogP contribution in [0.2, 0.25) is 0 Å². The highest BCUT2D eigenvalue weighted by atomic mass is 32.1. The van der Waals surface area contributed by atoms with E-state index in [4.69, 9.17) is 14.7 Å². The van der Waals surface area contributed by atoms with Gasteiger partial charge in [0, 0.05) is 30.3 Å². The van der Waals surface area contributed by atoms with Crippen LogP contribution in [0, 0.1) is 13.8 Å². The summed E-state index contributed by atoms with van der Waals surface area (Å²) in [6.45, 7) is 8.30. The van der Waals surface area contributed by atoms with Crippen LogP contribution in [0.5, 0.6) is 0 Å². The minimum absolute atomic E-state index is 0.330. The van der Waals surface area contributed by atoms with Crippen LogP contribution in [0.1, 0.15) is 59.0 Å². The van der Waals surface area contributed by atoms with Crippen molar-refractivity contribution >= 4 is 23.0 Å². The second kappa shape index (κ2) is 9.65. The minimum atomic E-state index is 0.330. The summed E-state index contributed by atoms with van der Waals surface area (Å²) in [5, 5.41) is 3.50. The molecule has 1 aromatic heterocycles. The molecule has 0 saturated carbocycles. The smallest absolute Gasteiger partial charge is 0.292 e. The second-order valence-electron chi connectivity index (χ2n) is 8.39. The van der Waals surface area contributed by atoms with Gasteiger partial charge in [0.2, 0.25) is 0 Å². The Morgan fingerprint density at radius 2 is 1.87 bits per heavy atom. The fraction of sp³-hybridized carbons (Fsp3) is 0.385. The van der Waals surface area contributed by atoms with E-state index in [1.165, 1.54) is 21.8 Å². The Morgan fingerprint density at radius 3 is 2.58 bits per heavy atom. The number of methoxy groups -OCH3 is 1. The lowest BCUT2D eigenvalue weighted by atomic mass is 9.96. The zero-order chi connectivity index (χ0) is 21.8. The van der Waals surface area contributed by atoms with Gasteiger partial charge in [0.25, 0.3) is 6.02 Å². The zero-order valence-electron chi connectivity index (χ0n) is 18.8. The summed E-state index contributed by atoms with van der Waals surface area (Å²) in [4.78, 5) is 12.1. The average Bonchev–Trinajstić information content (AvgIpc) is 3.30. The minimum Gasteiger partial charge on any atom is -0.468 e. The molecule has 1 saturated heterocycles. The van der Waals surface area contributed by atoms with Crippen molar-refractivity contribution < 1.29 is 4.74 Å². The Morgan fingerprint density at radius 1 is 1.13 bits per heavy atom. The molecule has 1 atom stereocenters. The molecule has 0 N–H and O–H groups in total. The Hall–Kier alpha value is -2.66. The van der Waals surface area contributed by atoms with Gasteiger partial charge in [-0.2, -0.15) is 4.99 Å². The van der Waals surface area contributed by atoms with Gasteiger partial charge in [0.15, 0.2) is 0 Å². The van der Waals surface area contributed by atoms with Gasteiger partial charge in [-0.1, -0.05) is 49.4 Å². The maximum Gasteiger partial charge on any atom is 0.292 e. The van der Waals surface area contributed by atoms with Crippen molar-refractivity contribution in [1.82, 2.24) is 9.88 Å². The van der Waals surface area contributed by atoms with E-state index >= 15 is 0 Å². The number of rotatable bonds is 4. The zero-order valence-corrected chi connectivity index (χ0v) is 19.7.